The first-order valence-electron chi connectivity index (χ1n) is 11.0. The lowest BCUT2D eigenvalue weighted by molar-refractivity contribution is -1.02. The predicted octanol–water partition coefficient (Wildman–Crippen LogP) is 0.715. The van der Waals surface area contributed by atoms with E-state index in [1.807, 2.05) is 32.0 Å². The van der Waals surface area contributed by atoms with Gasteiger partial charge in [-0.3, -0.25) is 4.79 Å². The second-order valence-electron chi connectivity index (χ2n) is 7.92. The zero-order valence-electron chi connectivity index (χ0n) is 18.4. The number of carbonyl (C=O) groups excluding carboxylic acids is 1. The number of ether oxygens (including phenoxy) is 2. The molecule has 0 aromatic heterocycles. The van der Waals surface area contributed by atoms with Gasteiger partial charge in [-0.2, -0.15) is 0 Å². The van der Waals surface area contributed by atoms with Crippen LogP contribution >= 0.6 is 0 Å². The molecule has 0 aliphatic carbocycles. The van der Waals surface area contributed by atoms with Gasteiger partial charge in [0.05, 0.1) is 13.2 Å². The first kappa shape index (κ1) is 22.1. The average Bonchev–Trinajstić information content (AvgIpc) is 2.72. The molecule has 1 aliphatic rings. The first-order chi connectivity index (χ1) is 14.6. The van der Waals surface area contributed by atoms with Crippen molar-refractivity contribution in [3.63, 3.8) is 0 Å². The third kappa shape index (κ3) is 6.47. The lowest BCUT2D eigenvalue weighted by atomic mass is 10.1. The minimum absolute atomic E-state index is 0.0405. The molecular weight excluding hydrogens is 378 g/mol. The Morgan fingerprint density at radius 2 is 1.63 bits per heavy atom. The summed E-state index contributed by atoms with van der Waals surface area (Å²) in [5.41, 5.74) is 3.46. The van der Waals surface area contributed by atoms with E-state index in [1.54, 1.807) is 4.90 Å². The van der Waals surface area contributed by atoms with Gasteiger partial charge < -0.3 is 24.6 Å². The fraction of sp³-hybridized carbons (Fsp3) is 0.458. The Labute approximate surface area is 179 Å². The number of hydrogen-bond acceptors (Lipinski definition) is 3. The number of rotatable bonds is 9. The molecule has 6 nitrogen and oxygen atoms in total. The van der Waals surface area contributed by atoms with Crippen molar-refractivity contribution in [3.8, 4) is 11.5 Å². The molecule has 0 saturated carbocycles. The summed E-state index contributed by atoms with van der Waals surface area (Å²) in [5, 5.41) is 3.01. The highest BCUT2D eigenvalue weighted by molar-refractivity contribution is 5.91. The van der Waals surface area contributed by atoms with E-state index in [0.29, 0.717) is 31.3 Å². The van der Waals surface area contributed by atoms with E-state index in [4.69, 9.17) is 9.47 Å². The molecular formula is C24H35N3O3+2. The van der Waals surface area contributed by atoms with Gasteiger partial charge in [0.15, 0.2) is 18.0 Å². The Balaban J connectivity index is 1.47. The molecule has 162 valence electrons. The van der Waals surface area contributed by atoms with Crippen LogP contribution in [0.2, 0.25) is 0 Å². The van der Waals surface area contributed by atoms with Crippen LogP contribution in [0.25, 0.3) is 0 Å². The topological polar surface area (TPSA) is 56.4 Å². The highest BCUT2D eigenvalue weighted by atomic mass is 16.5. The number of aryl methyl sites for hydroxylation is 1. The van der Waals surface area contributed by atoms with Gasteiger partial charge in [-0.15, -0.1) is 0 Å². The lowest BCUT2D eigenvalue weighted by Gasteiger charge is -2.29. The SMILES string of the molecule is CCOc1ccc(NC(=O)C[NH+]2CC[NH+](Cc3cccc(C)c3)CC2)cc1OCC. The van der Waals surface area contributed by atoms with E-state index in [9.17, 15) is 4.79 Å². The molecule has 1 saturated heterocycles. The maximum atomic E-state index is 12.6. The smallest absolute Gasteiger partial charge is 0.279 e. The molecule has 1 amide bonds. The second kappa shape index (κ2) is 11.0. The Kier molecular flexibility index (Phi) is 8.11. The molecule has 0 atom stereocenters. The number of benzene rings is 2. The summed E-state index contributed by atoms with van der Waals surface area (Å²) in [6.07, 6.45) is 0. The van der Waals surface area contributed by atoms with Gasteiger partial charge in [-0.05, 0) is 32.9 Å². The highest BCUT2D eigenvalue weighted by Gasteiger charge is 2.25. The van der Waals surface area contributed by atoms with Crippen LogP contribution < -0.4 is 24.6 Å². The molecule has 1 heterocycles. The van der Waals surface area contributed by atoms with Crippen LogP contribution in [0.3, 0.4) is 0 Å². The normalized spacial score (nSPS) is 18.6. The van der Waals surface area contributed by atoms with Gasteiger partial charge in [-0.1, -0.05) is 29.8 Å². The van der Waals surface area contributed by atoms with Crippen LogP contribution in [-0.2, 0) is 11.3 Å². The lowest BCUT2D eigenvalue weighted by Crippen LogP contribution is -3.28. The molecule has 0 radical (unpaired) electrons. The number of quaternary nitrogens is 2. The van der Waals surface area contributed by atoms with Gasteiger partial charge in [0.25, 0.3) is 5.91 Å². The monoisotopic (exact) mass is 413 g/mol. The van der Waals surface area contributed by atoms with Gasteiger partial charge in [-0.25, -0.2) is 0 Å². The van der Waals surface area contributed by atoms with E-state index in [-0.39, 0.29) is 5.91 Å². The molecule has 3 N–H and O–H groups in total. The second-order valence-corrected chi connectivity index (χ2v) is 7.92. The van der Waals surface area contributed by atoms with Crippen LogP contribution in [0.15, 0.2) is 42.5 Å². The fourth-order valence-electron chi connectivity index (χ4n) is 3.98. The van der Waals surface area contributed by atoms with Crippen molar-refractivity contribution in [2.75, 3.05) is 51.3 Å². The number of carbonyl (C=O) groups is 1. The Morgan fingerprint density at radius 1 is 0.933 bits per heavy atom. The van der Waals surface area contributed by atoms with Crippen LogP contribution in [0, 0.1) is 6.92 Å². The van der Waals surface area contributed by atoms with Crippen LogP contribution in [0.1, 0.15) is 25.0 Å². The molecule has 6 heteroatoms. The average molecular weight is 414 g/mol. The Hall–Kier alpha value is -2.57. The molecule has 0 unspecified atom stereocenters. The van der Waals surface area contributed by atoms with Gasteiger partial charge in [0, 0.05) is 17.3 Å². The Morgan fingerprint density at radius 3 is 2.33 bits per heavy atom. The molecule has 30 heavy (non-hydrogen) atoms. The number of piperazine rings is 1. The molecule has 0 spiro atoms. The summed E-state index contributed by atoms with van der Waals surface area (Å²) in [6.45, 7) is 12.9. The number of anilines is 1. The summed E-state index contributed by atoms with van der Waals surface area (Å²) in [6, 6.07) is 14.3. The third-order valence-corrected chi connectivity index (χ3v) is 5.44. The largest absolute Gasteiger partial charge is 0.490 e. The van der Waals surface area contributed by atoms with Crippen LogP contribution in [0.5, 0.6) is 11.5 Å². The first-order valence-corrected chi connectivity index (χ1v) is 11.0. The van der Waals surface area contributed by atoms with Crippen LogP contribution in [0.4, 0.5) is 5.69 Å². The van der Waals surface area contributed by atoms with Crippen molar-refractivity contribution in [2.24, 2.45) is 0 Å². The molecule has 0 bridgehead atoms. The molecule has 1 fully saturated rings. The van der Waals surface area contributed by atoms with Crippen molar-refractivity contribution >= 4 is 11.6 Å². The summed E-state index contributed by atoms with van der Waals surface area (Å²) in [4.78, 5) is 15.5. The standard InChI is InChI=1S/C24H33N3O3/c1-4-29-22-10-9-21(16-23(22)30-5-2)25-24(28)18-27-13-11-26(12-14-27)17-20-8-6-7-19(3)15-20/h6-10,15-16H,4-5,11-14,17-18H2,1-3H3,(H,25,28)/p+2. The Bertz CT molecular complexity index is 832. The predicted molar refractivity (Wildman–Crippen MR) is 119 cm³/mol. The summed E-state index contributed by atoms with van der Waals surface area (Å²) >= 11 is 0. The zero-order chi connectivity index (χ0) is 21.3. The number of nitrogens with one attached hydrogen (secondary N) is 3. The minimum Gasteiger partial charge on any atom is -0.490 e. The van der Waals surface area contributed by atoms with Crippen molar-refractivity contribution in [1.82, 2.24) is 0 Å². The van der Waals surface area contributed by atoms with Crippen LogP contribution in [-0.4, -0.2) is 51.8 Å². The summed E-state index contributed by atoms with van der Waals surface area (Å²) in [5.74, 6) is 1.41. The van der Waals surface area contributed by atoms with Crippen molar-refractivity contribution in [3.05, 3.63) is 53.6 Å². The maximum absolute atomic E-state index is 12.6. The van der Waals surface area contributed by atoms with Gasteiger partial charge in [0.2, 0.25) is 0 Å². The van der Waals surface area contributed by atoms with Gasteiger partial charge >= 0.3 is 0 Å². The van der Waals surface area contributed by atoms with E-state index in [0.717, 1.165) is 38.4 Å². The van der Waals surface area contributed by atoms with Gasteiger partial charge in [0.1, 0.15) is 32.7 Å². The minimum atomic E-state index is 0.0405. The molecule has 2 aromatic rings. The number of amides is 1. The van der Waals surface area contributed by atoms with E-state index in [1.165, 1.54) is 16.0 Å². The van der Waals surface area contributed by atoms with E-state index in [2.05, 4.69) is 36.5 Å². The molecule has 1 aliphatic heterocycles. The fourth-order valence-corrected chi connectivity index (χ4v) is 3.98. The summed E-state index contributed by atoms with van der Waals surface area (Å²) in [7, 11) is 0. The molecule has 2 aromatic carbocycles. The van der Waals surface area contributed by atoms with Crippen molar-refractivity contribution in [2.45, 2.75) is 27.3 Å². The maximum Gasteiger partial charge on any atom is 0.279 e. The summed E-state index contributed by atoms with van der Waals surface area (Å²) < 4.78 is 11.2. The zero-order valence-corrected chi connectivity index (χ0v) is 18.4. The van der Waals surface area contributed by atoms with Crippen molar-refractivity contribution < 1.29 is 24.1 Å². The molecule has 3 rings (SSSR count). The van der Waals surface area contributed by atoms with Crippen molar-refractivity contribution in [1.29, 1.82) is 0 Å². The number of hydrogen-bond donors (Lipinski definition) is 3. The highest BCUT2D eigenvalue weighted by Crippen LogP contribution is 2.30. The quantitative estimate of drug-likeness (QED) is 0.568. The van der Waals surface area contributed by atoms with E-state index < -0.39 is 0 Å². The third-order valence-electron chi connectivity index (χ3n) is 5.44. The van der Waals surface area contributed by atoms with E-state index >= 15 is 0 Å².